The average molecular weight is 467 g/mol. The number of nitrogens with zero attached hydrogens (tertiary/aromatic N) is 2. The Bertz CT molecular complexity index is 976. The van der Waals surface area contributed by atoms with E-state index in [-0.39, 0.29) is 11.8 Å². The quantitative estimate of drug-likeness (QED) is 0.363. The number of amides is 2. The zero-order chi connectivity index (χ0) is 20.8. The average Bonchev–Trinajstić information content (AvgIpc) is 3.36. The smallest absolute Gasteiger partial charge is 0.253 e. The second-order valence-corrected chi connectivity index (χ2v) is 10.0. The maximum absolute atomic E-state index is 12.7. The molecule has 0 aliphatic carbocycles. The number of hydrogen-bond donors (Lipinski definition) is 2. The van der Waals surface area contributed by atoms with Gasteiger partial charge >= 0.3 is 0 Å². The lowest BCUT2D eigenvalue weighted by Gasteiger charge is -2.21. The third-order valence-electron chi connectivity index (χ3n) is 3.91. The molecule has 152 valence electrons. The van der Waals surface area contributed by atoms with E-state index in [0.717, 1.165) is 10.1 Å². The van der Waals surface area contributed by atoms with Gasteiger partial charge in [-0.05, 0) is 29.5 Å². The van der Waals surface area contributed by atoms with E-state index in [1.54, 1.807) is 47.4 Å². The molecule has 0 fully saturated rings. The van der Waals surface area contributed by atoms with Crippen molar-refractivity contribution in [3.8, 4) is 0 Å². The number of hydrogen-bond acceptors (Lipinski definition) is 7. The van der Waals surface area contributed by atoms with Gasteiger partial charge in [0.2, 0.25) is 11.0 Å². The molecule has 1 aromatic carbocycles. The van der Waals surface area contributed by atoms with E-state index >= 15 is 0 Å². The molecule has 0 saturated heterocycles. The zero-order valence-corrected chi connectivity index (χ0v) is 18.9. The van der Waals surface area contributed by atoms with E-state index in [0.29, 0.717) is 15.7 Å². The highest BCUT2D eigenvalue weighted by molar-refractivity contribution is 8.00. The van der Waals surface area contributed by atoms with Crippen LogP contribution in [0.5, 0.6) is 0 Å². The zero-order valence-electron chi connectivity index (χ0n) is 15.7. The lowest BCUT2D eigenvalue weighted by atomic mass is 10.0. The Hall–Kier alpha value is -1.94. The van der Waals surface area contributed by atoms with Gasteiger partial charge in [0.15, 0.2) is 4.34 Å². The molecule has 3 aromatic rings. The minimum Gasteiger partial charge on any atom is -0.340 e. The molecule has 0 saturated carbocycles. The van der Waals surface area contributed by atoms with Crippen LogP contribution in [0.2, 0.25) is 5.02 Å². The standard InChI is InChI=1S/C19H19ClN4O2S3/c1-11(2)15(21-16(25)13-7-3-4-8-14(13)20)17(26)22-18-23-24-19(29-18)28-10-12-6-5-9-27-12/h3-9,11,15H,10H2,1-2H3,(H,21,25)(H,22,23,26). The number of carbonyl (C=O) groups is 2. The molecule has 10 heteroatoms. The summed E-state index contributed by atoms with van der Waals surface area (Å²) in [5, 5.41) is 16.4. The predicted molar refractivity (Wildman–Crippen MR) is 120 cm³/mol. The van der Waals surface area contributed by atoms with Crippen LogP contribution >= 0.6 is 46.0 Å². The van der Waals surface area contributed by atoms with Crippen molar-refractivity contribution in [2.75, 3.05) is 5.32 Å². The SMILES string of the molecule is CC(C)C(NC(=O)c1ccccc1Cl)C(=O)Nc1nnc(SCc2cccs2)s1. The van der Waals surface area contributed by atoms with Crippen LogP contribution in [-0.4, -0.2) is 28.1 Å². The van der Waals surface area contributed by atoms with E-state index in [1.807, 2.05) is 25.3 Å². The first-order chi connectivity index (χ1) is 13.9. The number of benzene rings is 1. The molecule has 2 aromatic heterocycles. The molecule has 0 radical (unpaired) electrons. The molecule has 1 atom stereocenters. The molecule has 0 aliphatic heterocycles. The van der Waals surface area contributed by atoms with Crippen molar-refractivity contribution in [1.29, 1.82) is 0 Å². The maximum atomic E-state index is 12.7. The highest BCUT2D eigenvalue weighted by atomic mass is 35.5. The van der Waals surface area contributed by atoms with Gasteiger partial charge in [-0.2, -0.15) is 0 Å². The van der Waals surface area contributed by atoms with E-state index in [9.17, 15) is 9.59 Å². The Morgan fingerprint density at radius 2 is 1.97 bits per heavy atom. The Morgan fingerprint density at radius 1 is 1.17 bits per heavy atom. The Kier molecular flexibility index (Phi) is 7.65. The minimum absolute atomic E-state index is 0.123. The second-order valence-electron chi connectivity index (χ2n) is 6.41. The van der Waals surface area contributed by atoms with Crippen molar-refractivity contribution in [2.45, 2.75) is 30.0 Å². The largest absolute Gasteiger partial charge is 0.340 e. The number of halogens is 1. The normalized spacial score (nSPS) is 12.0. The Morgan fingerprint density at radius 3 is 2.66 bits per heavy atom. The van der Waals surface area contributed by atoms with Gasteiger partial charge in [-0.15, -0.1) is 21.5 Å². The highest BCUT2D eigenvalue weighted by Gasteiger charge is 2.26. The fourth-order valence-corrected chi connectivity index (χ4v) is 5.18. The molecule has 2 amide bonds. The number of thiophene rings is 1. The van der Waals surface area contributed by atoms with Crippen molar-refractivity contribution >= 4 is 63.0 Å². The molecule has 2 heterocycles. The van der Waals surface area contributed by atoms with Crippen LogP contribution in [-0.2, 0) is 10.5 Å². The fourth-order valence-electron chi connectivity index (χ4n) is 2.43. The molecule has 0 spiro atoms. The monoisotopic (exact) mass is 466 g/mol. The molecule has 0 aliphatic rings. The number of nitrogens with one attached hydrogen (secondary N) is 2. The van der Waals surface area contributed by atoms with E-state index in [1.165, 1.54) is 16.2 Å². The van der Waals surface area contributed by atoms with Crippen LogP contribution < -0.4 is 10.6 Å². The summed E-state index contributed by atoms with van der Waals surface area (Å²) in [7, 11) is 0. The maximum Gasteiger partial charge on any atom is 0.253 e. The second kappa shape index (κ2) is 10.2. The number of rotatable bonds is 8. The Labute approximate surface area is 186 Å². The van der Waals surface area contributed by atoms with E-state index in [2.05, 4.69) is 26.9 Å². The lowest BCUT2D eigenvalue weighted by Crippen LogP contribution is -2.47. The molecule has 3 rings (SSSR count). The van der Waals surface area contributed by atoms with Crippen molar-refractivity contribution < 1.29 is 9.59 Å². The third-order valence-corrected chi connectivity index (χ3v) is 7.32. The molecule has 2 N–H and O–H groups in total. The molecule has 6 nitrogen and oxygen atoms in total. The fraction of sp³-hybridized carbons (Fsp3) is 0.263. The van der Waals surface area contributed by atoms with Gasteiger partial charge < -0.3 is 5.32 Å². The summed E-state index contributed by atoms with van der Waals surface area (Å²) in [5.74, 6) is -0.0507. The van der Waals surface area contributed by atoms with E-state index < -0.39 is 11.9 Å². The molecular weight excluding hydrogens is 448 g/mol. The first kappa shape index (κ1) is 21.8. The summed E-state index contributed by atoms with van der Waals surface area (Å²) in [4.78, 5) is 26.5. The molecule has 1 unspecified atom stereocenters. The van der Waals surface area contributed by atoms with Crippen LogP contribution in [0.1, 0.15) is 29.1 Å². The summed E-state index contributed by atoms with van der Waals surface area (Å²) >= 11 is 10.6. The number of carbonyl (C=O) groups excluding carboxylic acids is 2. The first-order valence-corrected chi connectivity index (χ1v) is 11.8. The Balaban J connectivity index is 1.61. The van der Waals surface area contributed by atoms with Gasteiger partial charge in [-0.1, -0.05) is 66.7 Å². The molecule has 29 heavy (non-hydrogen) atoms. The summed E-state index contributed by atoms with van der Waals surface area (Å²) < 4.78 is 0.773. The highest BCUT2D eigenvalue weighted by Crippen LogP contribution is 2.29. The minimum atomic E-state index is -0.732. The molecular formula is C19H19ClN4O2S3. The number of thioether (sulfide) groups is 1. The summed E-state index contributed by atoms with van der Waals surface area (Å²) in [6, 6.07) is 10.1. The third kappa shape index (κ3) is 6.02. The lowest BCUT2D eigenvalue weighted by molar-refractivity contribution is -0.118. The van der Waals surface area contributed by atoms with Crippen molar-refractivity contribution in [1.82, 2.24) is 15.5 Å². The van der Waals surface area contributed by atoms with Gasteiger partial charge in [0.05, 0.1) is 10.6 Å². The van der Waals surface area contributed by atoms with Gasteiger partial charge in [-0.25, -0.2) is 0 Å². The summed E-state index contributed by atoms with van der Waals surface area (Å²) in [5.41, 5.74) is 0.329. The van der Waals surface area contributed by atoms with Crippen molar-refractivity contribution in [2.24, 2.45) is 5.92 Å². The van der Waals surface area contributed by atoms with Crippen LogP contribution in [0.3, 0.4) is 0 Å². The van der Waals surface area contributed by atoms with Crippen LogP contribution in [0, 0.1) is 5.92 Å². The topological polar surface area (TPSA) is 84.0 Å². The first-order valence-electron chi connectivity index (χ1n) is 8.79. The van der Waals surface area contributed by atoms with Gasteiger partial charge in [0.1, 0.15) is 6.04 Å². The predicted octanol–water partition coefficient (Wildman–Crippen LogP) is 4.94. The number of anilines is 1. The van der Waals surface area contributed by atoms with E-state index in [4.69, 9.17) is 11.6 Å². The van der Waals surface area contributed by atoms with Crippen LogP contribution in [0.15, 0.2) is 46.1 Å². The number of aromatic nitrogens is 2. The van der Waals surface area contributed by atoms with Crippen molar-refractivity contribution in [3.05, 3.63) is 57.2 Å². The van der Waals surface area contributed by atoms with Crippen LogP contribution in [0.25, 0.3) is 0 Å². The van der Waals surface area contributed by atoms with Crippen LogP contribution in [0.4, 0.5) is 5.13 Å². The summed E-state index contributed by atoms with van der Waals surface area (Å²) in [6.07, 6.45) is 0. The van der Waals surface area contributed by atoms with Gasteiger partial charge in [0.25, 0.3) is 5.91 Å². The van der Waals surface area contributed by atoms with Gasteiger partial charge in [-0.3, -0.25) is 14.9 Å². The van der Waals surface area contributed by atoms with Gasteiger partial charge in [0, 0.05) is 10.6 Å². The molecule has 0 bridgehead atoms. The summed E-state index contributed by atoms with van der Waals surface area (Å²) in [6.45, 7) is 3.72. The van der Waals surface area contributed by atoms with Crippen molar-refractivity contribution in [3.63, 3.8) is 0 Å².